The molecule has 162 valence electrons. The first-order valence-corrected chi connectivity index (χ1v) is 11.9. The Morgan fingerprint density at radius 1 is 1.24 bits per heavy atom. The molecule has 0 bridgehead atoms. The second-order valence-corrected chi connectivity index (χ2v) is 10.1. The van der Waals surface area contributed by atoms with Crippen LogP contribution in [-0.2, 0) is 4.79 Å². The molecule has 2 saturated carbocycles. The zero-order valence-corrected chi connectivity index (χ0v) is 17.9. The number of thiazole rings is 1. The van der Waals surface area contributed by atoms with Crippen LogP contribution < -0.4 is 5.32 Å². The minimum absolute atomic E-state index is 0.00738. The number of halogens is 2. The molecule has 1 aromatic heterocycles. The molecule has 2 aliphatic carbocycles. The molecule has 0 spiro atoms. The first-order chi connectivity index (χ1) is 13.8. The topological polar surface area (TPSA) is 82.5 Å². The Labute approximate surface area is 177 Å². The number of carboxylic acid groups (broad SMARTS) is 1. The first kappa shape index (κ1) is 22.3. The highest BCUT2D eigenvalue weighted by atomic mass is 32.2. The number of aliphatic carboxylic acids is 1. The van der Waals surface area contributed by atoms with Crippen molar-refractivity contribution < 1.29 is 23.5 Å². The number of anilines is 1. The number of nitrogens with zero attached hydrogens (tertiary/aromatic N) is 2. The van der Waals surface area contributed by atoms with Crippen molar-refractivity contribution >= 4 is 40.2 Å². The number of hydrogen-bond donors (Lipinski definition) is 2. The van der Waals surface area contributed by atoms with Gasteiger partial charge in [-0.15, -0.1) is 11.8 Å². The molecule has 2 amide bonds. The largest absolute Gasteiger partial charge is 0.481 e. The molecule has 0 aromatic carbocycles. The van der Waals surface area contributed by atoms with Gasteiger partial charge in [-0.3, -0.25) is 10.1 Å². The number of rotatable bonds is 7. The van der Waals surface area contributed by atoms with Crippen molar-refractivity contribution in [2.24, 2.45) is 0 Å². The molecule has 2 aliphatic rings. The van der Waals surface area contributed by atoms with Crippen LogP contribution in [0.2, 0.25) is 0 Å². The van der Waals surface area contributed by atoms with E-state index in [-0.39, 0.29) is 31.3 Å². The van der Waals surface area contributed by atoms with Gasteiger partial charge in [0.25, 0.3) is 0 Å². The van der Waals surface area contributed by atoms with E-state index < -0.39 is 17.9 Å². The molecule has 1 atom stereocenters. The number of thioether (sulfide) groups is 1. The fourth-order valence-corrected chi connectivity index (χ4v) is 6.02. The van der Waals surface area contributed by atoms with E-state index in [1.165, 1.54) is 23.1 Å². The van der Waals surface area contributed by atoms with Gasteiger partial charge in [0.1, 0.15) is 0 Å². The molecule has 2 N–H and O–H groups in total. The van der Waals surface area contributed by atoms with E-state index in [1.54, 1.807) is 11.1 Å². The van der Waals surface area contributed by atoms with Gasteiger partial charge in [0.15, 0.2) is 5.13 Å². The Bertz CT molecular complexity index is 711. The summed E-state index contributed by atoms with van der Waals surface area (Å²) < 4.78 is 28.9. The molecule has 3 rings (SSSR count). The van der Waals surface area contributed by atoms with Crippen LogP contribution in [0.3, 0.4) is 0 Å². The van der Waals surface area contributed by atoms with E-state index in [4.69, 9.17) is 5.11 Å². The van der Waals surface area contributed by atoms with Crippen LogP contribution >= 0.6 is 23.1 Å². The van der Waals surface area contributed by atoms with E-state index >= 15 is 0 Å². The van der Waals surface area contributed by atoms with E-state index in [0.717, 1.165) is 36.3 Å². The maximum Gasteiger partial charge on any atom is 0.324 e. The number of nitrogens with one attached hydrogen (secondary N) is 1. The minimum atomic E-state index is -2.72. The number of alkyl halides is 2. The molecule has 1 heterocycles. The Hall–Kier alpha value is -1.42. The lowest BCUT2D eigenvalue weighted by molar-refractivity contribution is -0.136. The molecule has 1 aromatic rings. The van der Waals surface area contributed by atoms with Crippen LogP contribution in [0.4, 0.5) is 18.7 Å². The van der Waals surface area contributed by atoms with Gasteiger partial charge in [-0.05, 0) is 25.7 Å². The molecule has 6 nitrogen and oxygen atoms in total. The van der Waals surface area contributed by atoms with E-state index in [9.17, 15) is 18.4 Å². The Morgan fingerprint density at radius 2 is 1.97 bits per heavy atom. The summed E-state index contributed by atoms with van der Waals surface area (Å²) in [7, 11) is 0. The maximum atomic E-state index is 14.0. The van der Waals surface area contributed by atoms with Gasteiger partial charge in [-0.2, -0.15) is 0 Å². The third kappa shape index (κ3) is 6.53. The summed E-state index contributed by atoms with van der Waals surface area (Å²) in [5, 5.41) is 11.9. The number of carboxylic acids is 1. The highest BCUT2D eigenvalue weighted by Crippen LogP contribution is 2.38. The number of carbonyl (C=O) groups is 2. The quantitative estimate of drug-likeness (QED) is 0.543. The van der Waals surface area contributed by atoms with Gasteiger partial charge in [0, 0.05) is 30.7 Å². The van der Waals surface area contributed by atoms with Crippen molar-refractivity contribution in [1.82, 2.24) is 9.88 Å². The van der Waals surface area contributed by atoms with Gasteiger partial charge in [0.2, 0.25) is 5.92 Å². The molecule has 2 fully saturated rings. The first-order valence-electron chi connectivity index (χ1n) is 10.1. The highest BCUT2D eigenvalue weighted by molar-refractivity contribution is 8.01. The summed E-state index contributed by atoms with van der Waals surface area (Å²) in [6, 6.07) is -0.811. The second-order valence-electron chi connectivity index (χ2n) is 7.71. The normalized spacial score (nSPS) is 22.2. The molecule has 1 unspecified atom stereocenters. The monoisotopic (exact) mass is 447 g/mol. The number of hydrogen-bond acceptors (Lipinski definition) is 5. The van der Waals surface area contributed by atoms with E-state index in [1.807, 2.05) is 0 Å². The average Bonchev–Trinajstić information content (AvgIpc) is 3.09. The summed E-state index contributed by atoms with van der Waals surface area (Å²) in [6.45, 7) is 0. The standard InChI is InChI=1S/C19H27F2N3O3S2/c20-19(21)9-4-7-14(11-19)24(13-5-2-1-3-6-13)18(27)23-17-22-12-16(29-17)28-10-8-15(25)26/h12-14H,1-11H2,(H,25,26)(H,22,23,27). The Morgan fingerprint density at radius 3 is 2.66 bits per heavy atom. The third-order valence-corrected chi connectivity index (χ3v) is 7.58. The molecule has 29 heavy (non-hydrogen) atoms. The molecule has 0 saturated heterocycles. The van der Waals surface area contributed by atoms with Crippen molar-refractivity contribution in [2.75, 3.05) is 11.1 Å². The lowest BCUT2D eigenvalue weighted by Gasteiger charge is -2.43. The summed E-state index contributed by atoms with van der Waals surface area (Å²) >= 11 is 2.65. The lowest BCUT2D eigenvalue weighted by atomic mass is 9.87. The van der Waals surface area contributed by atoms with Gasteiger partial charge in [0.05, 0.1) is 16.8 Å². The summed E-state index contributed by atoms with van der Waals surface area (Å²) in [5.41, 5.74) is 0. The van der Waals surface area contributed by atoms with Crippen LogP contribution in [0.1, 0.15) is 64.2 Å². The Balaban J connectivity index is 1.66. The Kier molecular flexibility index (Phi) is 7.72. The van der Waals surface area contributed by atoms with Gasteiger partial charge >= 0.3 is 12.0 Å². The molecular weight excluding hydrogens is 420 g/mol. The van der Waals surface area contributed by atoms with Gasteiger partial charge < -0.3 is 10.0 Å². The molecule has 0 radical (unpaired) electrons. The minimum Gasteiger partial charge on any atom is -0.481 e. The van der Waals surface area contributed by atoms with E-state index in [2.05, 4.69) is 10.3 Å². The van der Waals surface area contributed by atoms with Crippen LogP contribution in [0.15, 0.2) is 10.4 Å². The zero-order valence-electron chi connectivity index (χ0n) is 16.2. The van der Waals surface area contributed by atoms with Crippen molar-refractivity contribution in [2.45, 2.75) is 86.4 Å². The van der Waals surface area contributed by atoms with Gasteiger partial charge in [-0.1, -0.05) is 30.6 Å². The average molecular weight is 448 g/mol. The molecular formula is C19H27F2N3O3S2. The van der Waals surface area contributed by atoms with Crippen LogP contribution in [0.25, 0.3) is 0 Å². The molecule has 10 heteroatoms. The van der Waals surface area contributed by atoms with Crippen molar-refractivity contribution in [3.63, 3.8) is 0 Å². The number of aromatic nitrogens is 1. The highest BCUT2D eigenvalue weighted by Gasteiger charge is 2.42. The fraction of sp³-hybridized carbons (Fsp3) is 0.737. The summed E-state index contributed by atoms with van der Waals surface area (Å²) in [6.07, 6.45) is 7.16. The van der Waals surface area contributed by atoms with Crippen LogP contribution in [0, 0.1) is 0 Å². The summed E-state index contributed by atoms with van der Waals surface area (Å²) in [5.74, 6) is -3.15. The predicted octanol–water partition coefficient (Wildman–Crippen LogP) is 5.45. The molecule has 0 aliphatic heterocycles. The van der Waals surface area contributed by atoms with E-state index in [0.29, 0.717) is 23.7 Å². The SMILES string of the molecule is O=C(O)CCSc1cnc(NC(=O)N(C2CCCCC2)C2CCCC(F)(F)C2)s1. The van der Waals surface area contributed by atoms with Crippen molar-refractivity contribution in [3.8, 4) is 0 Å². The van der Waals surface area contributed by atoms with Crippen LogP contribution in [-0.4, -0.2) is 50.7 Å². The zero-order chi connectivity index (χ0) is 20.9. The van der Waals surface area contributed by atoms with Crippen molar-refractivity contribution in [1.29, 1.82) is 0 Å². The fourth-order valence-electron chi connectivity index (χ4n) is 4.15. The number of urea groups is 1. The predicted molar refractivity (Wildman–Crippen MR) is 110 cm³/mol. The second kappa shape index (κ2) is 10.1. The maximum absolute atomic E-state index is 14.0. The smallest absolute Gasteiger partial charge is 0.324 e. The summed E-state index contributed by atoms with van der Waals surface area (Å²) in [4.78, 5) is 29.6. The van der Waals surface area contributed by atoms with Crippen LogP contribution in [0.5, 0.6) is 0 Å². The van der Waals surface area contributed by atoms with Gasteiger partial charge in [-0.25, -0.2) is 18.6 Å². The third-order valence-electron chi connectivity index (χ3n) is 5.47. The number of carbonyl (C=O) groups excluding carboxylic acids is 1. The van der Waals surface area contributed by atoms with Crippen molar-refractivity contribution in [3.05, 3.63) is 6.20 Å². The number of amides is 2. The lowest BCUT2D eigenvalue weighted by Crippen LogP contribution is -2.52.